The van der Waals surface area contributed by atoms with Gasteiger partial charge in [-0.1, -0.05) is 18.2 Å². The highest BCUT2D eigenvalue weighted by Crippen LogP contribution is 2.24. The highest BCUT2D eigenvalue weighted by molar-refractivity contribution is 7.10. The Kier molecular flexibility index (Phi) is 5.55. The number of thiophene rings is 1. The Morgan fingerprint density at radius 2 is 2.00 bits per heavy atom. The molecule has 0 bridgehead atoms. The van der Waals surface area contributed by atoms with Gasteiger partial charge in [-0.25, -0.2) is 0 Å². The van der Waals surface area contributed by atoms with E-state index in [0.717, 1.165) is 38.9 Å². The minimum Gasteiger partial charge on any atom is -0.353 e. The molecule has 1 N–H and O–H groups in total. The lowest BCUT2D eigenvalue weighted by atomic mass is 10.1. The molecule has 0 aliphatic carbocycles. The van der Waals surface area contributed by atoms with Gasteiger partial charge in [-0.15, -0.1) is 11.3 Å². The second-order valence-corrected chi connectivity index (χ2v) is 8.21. The smallest absolute Gasteiger partial charge is 0.254 e. The third kappa shape index (κ3) is 4.06. The quantitative estimate of drug-likeness (QED) is 0.863. The summed E-state index contributed by atoms with van der Waals surface area (Å²) in [6, 6.07) is 11.1. The van der Waals surface area contributed by atoms with Gasteiger partial charge in [-0.3, -0.25) is 14.5 Å². The molecule has 5 nitrogen and oxygen atoms in total. The largest absolute Gasteiger partial charge is 0.353 e. The zero-order chi connectivity index (χ0) is 18.6. The van der Waals surface area contributed by atoms with Crippen LogP contribution in [-0.2, 0) is 17.8 Å². The van der Waals surface area contributed by atoms with Crippen molar-refractivity contribution in [2.75, 3.05) is 26.2 Å². The molecule has 0 saturated carbocycles. The van der Waals surface area contributed by atoms with Crippen LogP contribution in [0, 0.1) is 0 Å². The third-order valence-electron chi connectivity index (χ3n) is 5.45. The molecule has 4 rings (SSSR count). The summed E-state index contributed by atoms with van der Waals surface area (Å²) in [5.41, 5.74) is 2.07. The maximum Gasteiger partial charge on any atom is 0.254 e. The molecule has 2 aliphatic heterocycles. The maximum atomic E-state index is 12.7. The van der Waals surface area contributed by atoms with Crippen LogP contribution in [0.4, 0.5) is 0 Å². The van der Waals surface area contributed by atoms with E-state index in [2.05, 4.69) is 21.7 Å². The summed E-state index contributed by atoms with van der Waals surface area (Å²) in [5, 5.41) is 5.22. The fourth-order valence-corrected chi connectivity index (χ4v) is 4.87. The fourth-order valence-electron chi connectivity index (χ4n) is 3.98. The van der Waals surface area contributed by atoms with Crippen LogP contribution in [0.1, 0.15) is 33.6 Å². The van der Waals surface area contributed by atoms with E-state index in [1.54, 1.807) is 4.90 Å². The molecule has 1 saturated heterocycles. The van der Waals surface area contributed by atoms with E-state index in [0.29, 0.717) is 18.7 Å². The lowest BCUT2D eigenvalue weighted by Gasteiger charge is -2.28. The van der Waals surface area contributed by atoms with E-state index >= 15 is 0 Å². The van der Waals surface area contributed by atoms with Crippen molar-refractivity contribution in [3.05, 3.63) is 57.8 Å². The Morgan fingerprint density at radius 3 is 2.85 bits per heavy atom. The first-order valence-corrected chi connectivity index (χ1v) is 10.5. The van der Waals surface area contributed by atoms with Crippen LogP contribution < -0.4 is 5.32 Å². The van der Waals surface area contributed by atoms with Crippen molar-refractivity contribution in [1.82, 2.24) is 15.1 Å². The van der Waals surface area contributed by atoms with Gasteiger partial charge in [0.15, 0.2) is 0 Å². The average molecular weight is 384 g/mol. The Labute approximate surface area is 164 Å². The molecule has 3 heterocycles. The van der Waals surface area contributed by atoms with E-state index in [1.807, 2.05) is 41.7 Å². The normalized spacial score (nSPS) is 19.7. The molecular weight excluding hydrogens is 358 g/mol. The van der Waals surface area contributed by atoms with Gasteiger partial charge < -0.3 is 10.2 Å². The van der Waals surface area contributed by atoms with Crippen LogP contribution >= 0.6 is 11.3 Å². The summed E-state index contributed by atoms with van der Waals surface area (Å²) < 4.78 is 0. The molecule has 0 spiro atoms. The molecule has 0 radical (unpaired) electrons. The second-order valence-electron chi connectivity index (χ2n) is 7.21. The van der Waals surface area contributed by atoms with Crippen LogP contribution in [0.5, 0.6) is 0 Å². The van der Waals surface area contributed by atoms with Gasteiger partial charge in [0.05, 0.1) is 0 Å². The topological polar surface area (TPSA) is 52.7 Å². The molecule has 27 heavy (non-hydrogen) atoms. The molecule has 2 aromatic rings. The van der Waals surface area contributed by atoms with Gasteiger partial charge in [-0.05, 0) is 48.4 Å². The number of hydrogen-bond acceptors (Lipinski definition) is 4. The number of carbonyl (C=O) groups is 2. The number of nitrogens with zero attached hydrogens (tertiary/aromatic N) is 2. The first-order chi connectivity index (χ1) is 13.2. The number of nitrogens with one attached hydrogen (secondary N) is 1. The highest BCUT2D eigenvalue weighted by Gasteiger charge is 2.34. The summed E-state index contributed by atoms with van der Waals surface area (Å²) in [5.74, 6) is -0.0701. The molecule has 1 atom stereocenters. The van der Waals surface area contributed by atoms with Gasteiger partial charge in [0.2, 0.25) is 5.91 Å². The molecule has 2 aliphatic rings. The van der Waals surface area contributed by atoms with Crippen molar-refractivity contribution in [2.45, 2.75) is 31.8 Å². The van der Waals surface area contributed by atoms with Crippen molar-refractivity contribution in [3.63, 3.8) is 0 Å². The Morgan fingerprint density at radius 1 is 1.15 bits per heavy atom. The summed E-state index contributed by atoms with van der Waals surface area (Å²) in [7, 11) is 0. The Balaban J connectivity index is 1.28. The molecule has 6 heteroatoms. The van der Waals surface area contributed by atoms with Crippen LogP contribution in [0.15, 0.2) is 41.8 Å². The van der Waals surface area contributed by atoms with Gasteiger partial charge >= 0.3 is 0 Å². The van der Waals surface area contributed by atoms with Crippen molar-refractivity contribution in [2.24, 2.45) is 0 Å². The van der Waals surface area contributed by atoms with E-state index in [9.17, 15) is 9.59 Å². The number of hydrogen-bond donors (Lipinski definition) is 1. The molecular formula is C21H25N3O2S. The van der Waals surface area contributed by atoms with Gasteiger partial charge in [-0.2, -0.15) is 0 Å². The fraction of sp³-hybridized carbons (Fsp3) is 0.429. The number of likely N-dealkylation sites (tertiary alicyclic amines) is 1. The maximum absolute atomic E-state index is 12.7. The van der Waals surface area contributed by atoms with E-state index < -0.39 is 0 Å². The highest BCUT2D eigenvalue weighted by atomic mass is 32.1. The minimum atomic E-state index is -0.345. The first kappa shape index (κ1) is 18.2. The van der Waals surface area contributed by atoms with Gasteiger partial charge in [0.25, 0.3) is 5.91 Å². The van der Waals surface area contributed by atoms with Crippen LogP contribution in [-0.4, -0.2) is 53.8 Å². The predicted molar refractivity (Wildman–Crippen MR) is 107 cm³/mol. The van der Waals surface area contributed by atoms with Gasteiger partial charge in [0.1, 0.15) is 6.04 Å². The average Bonchev–Trinajstić information content (AvgIpc) is 3.37. The number of benzene rings is 1. The molecule has 1 fully saturated rings. The summed E-state index contributed by atoms with van der Waals surface area (Å²) in [6.07, 6.45) is 2.72. The van der Waals surface area contributed by atoms with E-state index in [4.69, 9.17) is 0 Å². The van der Waals surface area contributed by atoms with E-state index in [-0.39, 0.29) is 17.9 Å². The summed E-state index contributed by atoms with van der Waals surface area (Å²) in [6.45, 7) is 4.14. The lowest BCUT2D eigenvalue weighted by Crippen LogP contribution is -2.47. The SMILES string of the molecule is O=C(NCCN1CCc2sccc2C1)[C@H]1CCCN1C(=O)c1ccccc1. The monoisotopic (exact) mass is 383 g/mol. The van der Waals surface area contributed by atoms with Gasteiger partial charge in [0, 0.05) is 43.2 Å². The lowest BCUT2D eigenvalue weighted by molar-refractivity contribution is -0.124. The zero-order valence-electron chi connectivity index (χ0n) is 15.4. The molecule has 142 valence electrons. The van der Waals surface area contributed by atoms with Crippen molar-refractivity contribution >= 4 is 23.2 Å². The van der Waals surface area contributed by atoms with Crippen LogP contribution in [0.3, 0.4) is 0 Å². The summed E-state index contributed by atoms with van der Waals surface area (Å²) in [4.78, 5) is 31.0. The second kappa shape index (κ2) is 8.23. The number of rotatable bonds is 5. The molecule has 2 amide bonds. The predicted octanol–water partition coefficient (Wildman–Crippen LogP) is 2.53. The van der Waals surface area contributed by atoms with Crippen molar-refractivity contribution in [3.8, 4) is 0 Å². The third-order valence-corrected chi connectivity index (χ3v) is 6.47. The molecule has 1 aromatic heterocycles. The molecule has 1 aromatic carbocycles. The first-order valence-electron chi connectivity index (χ1n) is 9.64. The Hall–Kier alpha value is -2.18. The zero-order valence-corrected chi connectivity index (χ0v) is 16.2. The van der Waals surface area contributed by atoms with Crippen LogP contribution in [0.2, 0.25) is 0 Å². The number of carbonyl (C=O) groups excluding carboxylic acids is 2. The number of amides is 2. The van der Waals surface area contributed by atoms with E-state index in [1.165, 1.54) is 10.4 Å². The standard InChI is InChI=1S/C21H25N3O2S/c25-20(22-10-13-23-12-8-19-17(15-23)9-14-27-19)18-7-4-11-24(18)21(26)16-5-2-1-3-6-16/h1-3,5-6,9,14,18H,4,7-8,10-13,15H2,(H,22,25)/t18-/m1/s1. The van der Waals surface area contributed by atoms with Crippen LogP contribution in [0.25, 0.3) is 0 Å². The Bertz CT molecular complexity index is 805. The molecule has 0 unspecified atom stereocenters. The van der Waals surface area contributed by atoms with Crippen molar-refractivity contribution < 1.29 is 9.59 Å². The number of fused-ring (bicyclic) bond motifs is 1. The van der Waals surface area contributed by atoms with Crippen molar-refractivity contribution in [1.29, 1.82) is 0 Å². The summed E-state index contributed by atoms with van der Waals surface area (Å²) >= 11 is 1.84. The minimum absolute atomic E-state index is 0.0231.